The molecule has 2 aromatic carbocycles. The maximum atomic E-state index is 6.39. The van der Waals surface area contributed by atoms with Crippen LogP contribution >= 0.6 is 23.4 Å². The van der Waals surface area contributed by atoms with E-state index in [9.17, 15) is 0 Å². The van der Waals surface area contributed by atoms with Crippen LogP contribution in [0, 0.1) is 0 Å². The summed E-state index contributed by atoms with van der Waals surface area (Å²) >= 11 is 8.12. The van der Waals surface area contributed by atoms with Gasteiger partial charge < -0.3 is 0 Å². The fourth-order valence-corrected chi connectivity index (χ4v) is 3.38. The van der Waals surface area contributed by atoms with E-state index in [4.69, 9.17) is 11.6 Å². The number of nitrogens with zero attached hydrogens (tertiary/aromatic N) is 1. The summed E-state index contributed by atoms with van der Waals surface area (Å²) in [5.41, 5.74) is 3.27. The first-order valence-corrected chi connectivity index (χ1v) is 7.50. The van der Waals surface area contributed by atoms with Gasteiger partial charge in [0.15, 0.2) is 0 Å². The Balaban J connectivity index is 2.17. The maximum absolute atomic E-state index is 6.39. The lowest BCUT2D eigenvalue weighted by Crippen LogP contribution is -1.96. The summed E-state index contributed by atoms with van der Waals surface area (Å²) in [4.78, 5) is 6.86. The van der Waals surface area contributed by atoms with E-state index in [1.165, 1.54) is 10.5 Å². The van der Waals surface area contributed by atoms with Crippen molar-refractivity contribution in [2.45, 2.75) is 29.6 Å². The summed E-state index contributed by atoms with van der Waals surface area (Å²) < 4.78 is 0. The van der Waals surface area contributed by atoms with Gasteiger partial charge in [-0.05, 0) is 35.7 Å². The topological polar surface area (TPSA) is 12.4 Å². The van der Waals surface area contributed by atoms with E-state index in [1.54, 1.807) is 11.8 Å². The molecule has 1 aliphatic rings. The first kappa shape index (κ1) is 12.8. The van der Waals surface area contributed by atoms with Gasteiger partial charge in [-0.2, -0.15) is 0 Å². The number of para-hydroxylation sites is 1. The van der Waals surface area contributed by atoms with Crippen LogP contribution in [0.5, 0.6) is 0 Å². The highest BCUT2D eigenvalue weighted by Crippen LogP contribution is 2.41. The van der Waals surface area contributed by atoms with Crippen molar-refractivity contribution >= 4 is 34.2 Å². The Bertz CT molecular complexity index is 662. The molecule has 0 bridgehead atoms. The standard InChI is InChI=1S/C16H14ClNS/c1-10(2)11-7-8-14-12(9-11)16(17)18-13-5-3-4-6-15(13)19-14/h3-10H,1-2H3. The molecule has 3 rings (SSSR count). The highest BCUT2D eigenvalue weighted by atomic mass is 35.5. The number of aliphatic imine (C=N–C) groups is 1. The van der Waals surface area contributed by atoms with Gasteiger partial charge in [0.2, 0.25) is 0 Å². The van der Waals surface area contributed by atoms with Crippen LogP contribution in [-0.2, 0) is 0 Å². The van der Waals surface area contributed by atoms with Crippen LogP contribution < -0.4 is 0 Å². The molecule has 0 saturated carbocycles. The number of fused-ring (bicyclic) bond motifs is 2. The van der Waals surface area contributed by atoms with Crippen LogP contribution in [0.1, 0.15) is 30.9 Å². The number of benzene rings is 2. The van der Waals surface area contributed by atoms with Gasteiger partial charge in [-0.1, -0.05) is 55.4 Å². The molecule has 0 atom stereocenters. The normalized spacial score (nSPS) is 13.6. The number of hydrogen-bond donors (Lipinski definition) is 0. The zero-order chi connectivity index (χ0) is 13.4. The minimum atomic E-state index is 0.491. The second-order valence-electron chi connectivity index (χ2n) is 4.88. The van der Waals surface area contributed by atoms with Gasteiger partial charge in [0.1, 0.15) is 5.17 Å². The smallest absolute Gasteiger partial charge is 0.138 e. The summed E-state index contributed by atoms with van der Waals surface area (Å²) in [6.07, 6.45) is 0. The van der Waals surface area contributed by atoms with Crippen molar-refractivity contribution in [1.29, 1.82) is 0 Å². The van der Waals surface area contributed by atoms with Crippen molar-refractivity contribution in [3.05, 3.63) is 53.6 Å². The Morgan fingerprint density at radius 3 is 2.63 bits per heavy atom. The largest absolute Gasteiger partial charge is 0.235 e. The SMILES string of the molecule is CC(C)c1ccc2c(c1)C(Cl)=Nc1ccccc1S2. The summed E-state index contributed by atoms with van der Waals surface area (Å²) in [6.45, 7) is 4.37. The van der Waals surface area contributed by atoms with Crippen LogP contribution in [0.3, 0.4) is 0 Å². The van der Waals surface area contributed by atoms with E-state index >= 15 is 0 Å². The lowest BCUT2D eigenvalue weighted by Gasteiger charge is -2.10. The van der Waals surface area contributed by atoms with E-state index in [2.05, 4.69) is 43.1 Å². The Morgan fingerprint density at radius 1 is 1.05 bits per heavy atom. The molecular formula is C16H14ClNS. The van der Waals surface area contributed by atoms with Crippen molar-refractivity contribution in [2.75, 3.05) is 0 Å². The maximum Gasteiger partial charge on any atom is 0.138 e. The summed E-state index contributed by atoms with van der Waals surface area (Å²) in [5.74, 6) is 0.491. The van der Waals surface area contributed by atoms with Gasteiger partial charge in [0.25, 0.3) is 0 Å². The van der Waals surface area contributed by atoms with Gasteiger partial charge in [0, 0.05) is 15.4 Å². The molecule has 1 nitrogen and oxygen atoms in total. The zero-order valence-corrected chi connectivity index (χ0v) is 12.4. The Labute approximate surface area is 122 Å². The molecule has 0 aliphatic carbocycles. The molecule has 0 spiro atoms. The molecule has 0 unspecified atom stereocenters. The van der Waals surface area contributed by atoms with Crippen LogP contribution in [0.15, 0.2) is 57.2 Å². The minimum Gasteiger partial charge on any atom is -0.235 e. The van der Waals surface area contributed by atoms with Crippen molar-refractivity contribution in [2.24, 2.45) is 4.99 Å². The Kier molecular flexibility index (Phi) is 3.38. The highest BCUT2D eigenvalue weighted by molar-refractivity contribution is 7.99. The Morgan fingerprint density at radius 2 is 1.84 bits per heavy atom. The van der Waals surface area contributed by atoms with Crippen LogP contribution in [0.25, 0.3) is 0 Å². The minimum absolute atomic E-state index is 0.491. The third-order valence-corrected chi connectivity index (χ3v) is 4.63. The van der Waals surface area contributed by atoms with Crippen LogP contribution in [0.2, 0.25) is 0 Å². The third kappa shape index (κ3) is 2.43. The zero-order valence-electron chi connectivity index (χ0n) is 10.9. The second-order valence-corrected chi connectivity index (χ2v) is 6.32. The fourth-order valence-electron chi connectivity index (χ4n) is 2.08. The summed E-state index contributed by atoms with van der Waals surface area (Å²) in [5, 5.41) is 0.579. The number of hydrogen-bond acceptors (Lipinski definition) is 2. The quantitative estimate of drug-likeness (QED) is 0.666. The molecule has 19 heavy (non-hydrogen) atoms. The fraction of sp³-hybridized carbons (Fsp3) is 0.188. The first-order chi connectivity index (χ1) is 9.15. The molecule has 1 aliphatic heterocycles. The van der Waals surface area contributed by atoms with Crippen LogP contribution in [-0.4, -0.2) is 5.17 Å². The molecule has 96 valence electrons. The monoisotopic (exact) mass is 287 g/mol. The molecule has 3 heteroatoms. The first-order valence-electron chi connectivity index (χ1n) is 6.30. The lowest BCUT2D eigenvalue weighted by molar-refractivity contribution is 0.864. The molecule has 0 saturated heterocycles. The molecule has 1 heterocycles. The predicted molar refractivity (Wildman–Crippen MR) is 83.1 cm³/mol. The van der Waals surface area contributed by atoms with E-state index < -0.39 is 0 Å². The molecule has 0 aromatic heterocycles. The van der Waals surface area contributed by atoms with Gasteiger partial charge >= 0.3 is 0 Å². The average Bonchev–Trinajstić information content (AvgIpc) is 2.54. The number of rotatable bonds is 1. The third-order valence-electron chi connectivity index (χ3n) is 3.20. The summed E-state index contributed by atoms with van der Waals surface area (Å²) in [7, 11) is 0. The molecule has 0 fully saturated rings. The van der Waals surface area contributed by atoms with Gasteiger partial charge in [-0.3, -0.25) is 0 Å². The Hall–Kier alpha value is -1.25. The molecule has 0 N–H and O–H groups in total. The van der Waals surface area contributed by atoms with Crippen molar-refractivity contribution in [3.63, 3.8) is 0 Å². The number of halogens is 1. The molecule has 0 amide bonds. The van der Waals surface area contributed by atoms with E-state index in [-0.39, 0.29) is 0 Å². The van der Waals surface area contributed by atoms with E-state index in [0.717, 1.165) is 16.1 Å². The summed E-state index contributed by atoms with van der Waals surface area (Å²) in [6, 6.07) is 14.6. The van der Waals surface area contributed by atoms with Crippen molar-refractivity contribution < 1.29 is 0 Å². The molecular weight excluding hydrogens is 274 g/mol. The van der Waals surface area contributed by atoms with Gasteiger partial charge in [-0.25, -0.2) is 4.99 Å². The molecule has 2 aromatic rings. The van der Waals surface area contributed by atoms with Crippen molar-refractivity contribution in [1.82, 2.24) is 0 Å². The second kappa shape index (κ2) is 5.03. The van der Waals surface area contributed by atoms with Gasteiger partial charge in [0.05, 0.1) is 5.69 Å². The predicted octanol–water partition coefficient (Wildman–Crippen LogP) is 5.59. The van der Waals surface area contributed by atoms with Crippen LogP contribution in [0.4, 0.5) is 5.69 Å². The van der Waals surface area contributed by atoms with Crippen molar-refractivity contribution in [3.8, 4) is 0 Å². The lowest BCUT2D eigenvalue weighted by atomic mass is 10.0. The average molecular weight is 288 g/mol. The highest BCUT2D eigenvalue weighted by Gasteiger charge is 2.16. The molecule has 0 radical (unpaired) electrons. The van der Waals surface area contributed by atoms with E-state index in [0.29, 0.717) is 11.1 Å². The van der Waals surface area contributed by atoms with E-state index in [1.807, 2.05) is 18.2 Å². The van der Waals surface area contributed by atoms with Gasteiger partial charge in [-0.15, -0.1) is 0 Å².